The van der Waals surface area contributed by atoms with Crippen molar-refractivity contribution < 1.29 is 36.2 Å². The molecular formula is C12H15F3N2O5S. The normalized spacial score (nSPS) is 12.8. The molecule has 0 saturated carbocycles. The van der Waals surface area contributed by atoms with E-state index in [9.17, 15) is 26.4 Å². The highest BCUT2D eigenvalue weighted by Crippen LogP contribution is 2.21. The van der Waals surface area contributed by atoms with Gasteiger partial charge in [0.2, 0.25) is 10.0 Å². The van der Waals surface area contributed by atoms with Crippen molar-refractivity contribution in [2.45, 2.75) is 17.9 Å². The Morgan fingerprint density at radius 1 is 1.52 bits per heavy atom. The van der Waals surface area contributed by atoms with Gasteiger partial charge in [0.15, 0.2) is 11.5 Å². The lowest BCUT2D eigenvalue weighted by Gasteiger charge is -2.11. The third kappa shape index (κ3) is 4.56. The topological polar surface area (TPSA) is 97.6 Å². The lowest BCUT2D eigenvalue weighted by atomic mass is 10.3. The summed E-state index contributed by atoms with van der Waals surface area (Å²) in [5.74, 6) is -2.44. The number of aliphatic hydroxyl groups is 1. The van der Waals surface area contributed by atoms with Crippen LogP contribution >= 0.6 is 0 Å². The van der Waals surface area contributed by atoms with Gasteiger partial charge in [-0.15, -0.1) is 0 Å². The van der Waals surface area contributed by atoms with Crippen molar-refractivity contribution in [3.63, 3.8) is 0 Å². The molecule has 1 heterocycles. The van der Waals surface area contributed by atoms with Gasteiger partial charge < -0.3 is 14.4 Å². The van der Waals surface area contributed by atoms with Crippen LogP contribution in [0.3, 0.4) is 0 Å². The second-order valence-electron chi connectivity index (χ2n) is 4.35. The van der Waals surface area contributed by atoms with Gasteiger partial charge in [-0.3, -0.25) is 0 Å². The van der Waals surface area contributed by atoms with Gasteiger partial charge in [-0.2, -0.15) is 8.78 Å². The van der Waals surface area contributed by atoms with Crippen molar-refractivity contribution in [1.82, 2.24) is 9.29 Å². The Bertz CT molecular complexity index is 711. The molecule has 1 atom stereocenters. The molecule has 0 amide bonds. The first-order valence-electron chi connectivity index (χ1n) is 6.32. The number of hydrogen-bond donors (Lipinski definition) is 2. The number of esters is 1. The highest BCUT2D eigenvalue weighted by atomic mass is 32.2. The van der Waals surface area contributed by atoms with Crippen LogP contribution in [0.25, 0.3) is 0 Å². The van der Waals surface area contributed by atoms with E-state index >= 15 is 0 Å². The summed E-state index contributed by atoms with van der Waals surface area (Å²) in [5.41, 5.74) is -0.625. The predicted octanol–water partition coefficient (Wildman–Crippen LogP) is 0.760. The summed E-state index contributed by atoms with van der Waals surface area (Å²) in [4.78, 5) is 10.7. The Labute approximate surface area is 130 Å². The fraction of sp³-hybridized carbons (Fsp3) is 0.417. The molecule has 0 aliphatic carbocycles. The number of nitrogens with one attached hydrogen (secondary N) is 1. The summed E-state index contributed by atoms with van der Waals surface area (Å²) in [6.45, 7) is 0.480. The third-order valence-electron chi connectivity index (χ3n) is 2.68. The Hall–Kier alpha value is -1.85. The van der Waals surface area contributed by atoms with E-state index in [0.717, 1.165) is 10.8 Å². The minimum Gasteiger partial charge on any atom is -0.461 e. The van der Waals surface area contributed by atoms with Crippen molar-refractivity contribution in [3.05, 3.63) is 29.9 Å². The van der Waals surface area contributed by atoms with E-state index in [4.69, 9.17) is 5.11 Å². The highest BCUT2D eigenvalue weighted by molar-refractivity contribution is 7.89. The second kappa shape index (κ2) is 7.62. The van der Waals surface area contributed by atoms with E-state index in [2.05, 4.69) is 4.74 Å². The van der Waals surface area contributed by atoms with E-state index in [1.807, 2.05) is 0 Å². The number of aromatic nitrogens is 1. The molecule has 1 aromatic rings. The second-order valence-corrected chi connectivity index (χ2v) is 6.04. The Morgan fingerprint density at radius 3 is 2.61 bits per heavy atom. The van der Waals surface area contributed by atoms with Crippen molar-refractivity contribution in [1.29, 1.82) is 0 Å². The lowest BCUT2D eigenvalue weighted by molar-refractivity contribution is 0.0509. The third-order valence-corrected chi connectivity index (χ3v) is 4.15. The molecule has 130 valence electrons. The smallest absolute Gasteiger partial charge is 0.358 e. The van der Waals surface area contributed by atoms with E-state index in [1.165, 1.54) is 14.0 Å². The van der Waals surface area contributed by atoms with Crippen molar-refractivity contribution >= 4 is 16.0 Å². The number of aryl methyl sites for hydroxylation is 1. The molecule has 23 heavy (non-hydrogen) atoms. The van der Waals surface area contributed by atoms with Crippen molar-refractivity contribution in [2.75, 3.05) is 13.2 Å². The average Bonchev–Trinajstić information content (AvgIpc) is 2.73. The maximum Gasteiger partial charge on any atom is 0.358 e. The van der Waals surface area contributed by atoms with Crippen LogP contribution in [0.1, 0.15) is 17.4 Å². The zero-order valence-electron chi connectivity index (χ0n) is 12.2. The number of carbonyl (C=O) groups excluding carboxylic acids is 1. The molecule has 0 unspecified atom stereocenters. The summed E-state index contributed by atoms with van der Waals surface area (Å²) in [7, 11) is -3.37. The van der Waals surface area contributed by atoms with Crippen LogP contribution in [0.15, 0.2) is 23.2 Å². The molecule has 7 nitrogen and oxygen atoms in total. The van der Waals surface area contributed by atoms with Crippen LogP contribution in [-0.2, 0) is 21.8 Å². The number of halogens is 3. The molecule has 0 aliphatic heterocycles. The summed E-state index contributed by atoms with van der Waals surface area (Å²) >= 11 is 0. The maximum absolute atomic E-state index is 14.2. The largest absolute Gasteiger partial charge is 0.461 e. The number of rotatable bonds is 7. The molecule has 0 aromatic carbocycles. The number of aliphatic hydroxyl groups excluding tert-OH is 1. The molecule has 0 bridgehead atoms. The first-order chi connectivity index (χ1) is 10.6. The lowest BCUT2D eigenvalue weighted by Crippen LogP contribution is -2.36. The molecule has 0 saturated heterocycles. The molecule has 11 heteroatoms. The monoisotopic (exact) mass is 356 g/mol. The SMILES string of the molecule is CCOC(=O)c1c(F)c(S(=O)(=O)N[C@@H](C=C(F)F)CO)cn1C. The van der Waals surface area contributed by atoms with Gasteiger partial charge in [-0.05, 0) is 6.92 Å². The van der Waals surface area contributed by atoms with Gasteiger partial charge in [0.1, 0.15) is 4.90 Å². The molecule has 1 rings (SSSR count). The first kappa shape index (κ1) is 19.2. The molecule has 0 spiro atoms. The van der Waals surface area contributed by atoms with Gasteiger partial charge in [-0.25, -0.2) is 22.3 Å². The predicted molar refractivity (Wildman–Crippen MR) is 72.8 cm³/mol. The fourth-order valence-electron chi connectivity index (χ4n) is 1.73. The van der Waals surface area contributed by atoms with E-state index in [-0.39, 0.29) is 12.7 Å². The van der Waals surface area contributed by atoms with Gasteiger partial charge >= 0.3 is 5.97 Å². The van der Waals surface area contributed by atoms with Crippen LogP contribution in [0, 0.1) is 5.82 Å². The Morgan fingerprint density at radius 2 is 2.13 bits per heavy atom. The van der Waals surface area contributed by atoms with Crippen LogP contribution in [0.2, 0.25) is 0 Å². The average molecular weight is 356 g/mol. The van der Waals surface area contributed by atoms with E-state index in [1.54, 1.807) is 4.72 Å². The Kier molecular flexibility index (Phi) is 6.36. The zero-order valence-corrected chi connectivity index (χ0v) is 13.0. The number of nitrogens with zero attached hydrogens (tertiary/aromatic N) is 1. The van der Waals surface area contributed by atoms with E-state index < -0.39 is 51.1 Å². The van der Waals surface area contributed by atoms with Crippen LogP contribution in [0.5, 0.6) is 0 Å². The molecule has 0 fully saturated rings. The van der Waals surface area contributed by atoms with Gasteiger partial charge in [0.25, 0.3) is 6.08 Å². The molecular weight excluding hydrogens is 341 g/mol. The number of carbonyl (C=O) groups is 1. The van der Waals surface area contributed by atoms with Gasteiger partial charge in [0.05, 0.1) is 19.3 Å². The summed E-state index contributed by atoms with van der Waals surface area (Å²) in [6.07, 6.45) is -1.24. The first-order valence-corrected chi connectivity index (χ1v) is 7.80. The van der Waals surface area contributed by atoms with Gasteiger partial charge in [-0.1, -0.05) is 0 Å². The van der Waals surface area contributed by atoms with Crippen molar-refractivity contribution in [3.8, 4) is 0 Å². The molecule has 1 aromatic heterocycles. The Balaban J connectivity index is 3.22. The number of hydrogen-bond acceptors (Lipinski definition) is 5. The quantitative estimate of drug-likeness (QED) is 0.703. The zero-order chi connectivity index (χ0) is 17.8. The maximum atomic E-state index is 14.2. The number of ether oxygens (including phenoxy) is 1. The van der Waals surface area contributed by atoms with Crippen LogP contribution in [-0.4, -0.2) is 43.3 Å². The fourth-order valence-corrected chi connectivity index (χ4v) is 3.03. The minimum absolute atomic E-state index is 0.0447. The molecule has 2 N–H and O–H groups in total. The van der Waals surface area contributed by atoms with Gasteiger partial charge in [0, 0.05) is 19.3 Å². The standard InChI is InChI=1S/C12H15F3N2O5S/c1-3-22-12(19)11-10(15)8(5-17(11)2)23(20,21)16-7(6-18)4-9(13)14/h4-5,7,16,18H,3,6H2,1-2H3/t7-/m0/s1. The summed E-state index contributed by atoms with van der Waals surface area (Å²) in [6, 6.07) is -1.64. The summed E-state index contributed by atoms with van der Waals surface area (Å²) < 4.78 is 69.9. The van der Waals surface area contributed by atoms with Crippen LogP contribution in [0.4, 0.5) is 13.2 Å². The summed E-state index contributed by atoms with van der Waals surface area (Å²) in [5, 5.41) is 8.89. The number of sulfonamides is 1. The molecule has 0 radical (unpaired) electrons. The van der Waals surface area contributed by atoms with E-state index in [0.29, 0.717) is 0 Å². The highest BCUT2D eigenvalue weighted by Gasteiger charge is 2.30. The minimum atomic E-state index is -4.59. The van der Waals surface area contributed by atoms with Crippen LogP contribution < -0.4 is 4.72 Å². The molecule has 0 aliphatic rings. The van der Waals surface area contributed by atoms with Crippen molar-refractivity contribution in [2.24, 2.45) is 7.05 Å².